The summed E-state index contributed by atoms with van der Waals surface area (Å²) in [5.74, 6) is 1.20. The maximum Gasteiger partial charge on any atom is 0.167 e. The topological polar surface area (TPSA) is 29.5 Å². The van der Waals surface area contributed by atoms with Crippen LogP contribution in [0.3, 0.4) is 0 Å². The highest BCUT2D eigenvalue weighted by atomic mass is 35.5. The number of halogens is 1. The van der Waals surface area contributed by atoms with Crippen molar-refractivity contribution in [1.29, 1.82) is 0 Å². The summed E-state index contributed by atoms with van der Waals surface area (Å²) in [6, 6.07) is 8.42. The van der Waals surface area contributed by atoms with Crippen LogP contribution in [0.25, 0.3) is 0 Å². The summed E-state index contributed by atoms with van der Waals surface area (Å²) < 4.78 is 6.20. The second-order valence-corrected chi connectivity index (χ2v) is 6.68. The number of fused-ring (bicyclic) bond motifs is 3. The van der Waals surface area contributed by atoms with E-state index in [1.165, 1.54) is 0 Å². The van der Waals surface area contributed by atoms with Gasteiger partial charge in [0.15, 0.2) is 5.78 Å². The van der Waals surface area contributed by atoms with Gasteiger partial charge in [0.2, 0.25) is 0 Å². The molecule has 3 aliphatic heterocycles. The van der Waals surface area contributed by atoms with Crippen molar-refractivity contribution in [2.24, 2.45) is 0 Å². The minimum atomic E-state index is -0.156. The molecule has 3 heterocycles. The van der Waals surface area contributed by atoms with Gasteiger partial charge < -0.3 is 4.74 Å². The van der Waals surface area contributed by atoms with Gasteiger partial charge in [0.25, 0.3) is 0 Å². The van der Waals surface area contributed by atoms with E-state index in [-0.39, 0.29) is 17.9 Å². The lowest BCUT2D eigenvalue weighted by Crippen LogP contribution is -2.42. The number of nitrogens with zero attached hydrogens (tertiary/aromatic N) is 1. The van der Waals surface area contributed by atoms with Crippen LogP contribution in [0, 0.1) is 0 Å². The Kier molecular flexibility index (Phi) is 3.09. The molecule has 4 heteroatoms. The lowest BCUT2D eigenvalue weighted by molar-refractivity contribution is -0.121. The van der Waals surface area contributed by atoms with E-state index in [1.54, 1.807) is 0 Å². The lowest BCUT2D eigenvalue weighted by Gasteiger charge is -2.38. The second-order valence-electron chi connectivity index (χ2n) is 6.24. The van der Waals surface area contributed by atoms with Crippen LogP contribution in [0.5, 0.6) is 0 Å². The van der Waals surface area contributed by atoms with E-state index < -0.39 is 0 Å². The van der Waals surface area contributed by atoms with E-state index in [2.05, 4.69) is 11.9 Å². The molecule has 0 amide bonds. The first-order chi connectivity index (χ1) is 10.1. The Hall–Kier alpha value is -1.32. The number of ether oxygens (including phenoxy) is 1. The van der Waals surface area contributed by atoms with Crippen LogP contribution < -0.4 is 0 Å². The van der Waals surface area contributed by atoms with Gasteiger partial charge in [0, 0.05) is 23.5 Å². The van der Waals surface area contributed by atoms with Gasteiger partial charge in [-0.1, -0.05) is 23.7 Å². The highest BCUT2D eigenvalue weighted by Gasteiger charge is 2.45. The number of rotatable bonds is 1. The molecule has 0 spiro atoms. The van der Waals surface area contributed by atoms with Gasteiger partial charge in [-0.25, -0.2) is 0 Å². The molecule has 3 nitrogen and oxygen atoms in total. The Morgan fingerprint density at radius 2 is 1.95 bits per heavy atom. The number of carbonyl (C=O) groups excluding carboxylic acids is 1. The first-order valence-electron chi connectivity index (χ1n) is 7.54. The SMILES string of the molecule is CN1C2CC[C@@H]1CC1=C2C(=O)C[C@H](c2ccc(Cl)cc2)O1. The Morgan fingerprint density at radius 3 is 2.71 bits per heavy atom. The zero-order valence-corrected chi connectivity index (χ0v) is 12.8. The first kappa shape index (κ1) is 13.4. The number of Topliss-reactive ketones (excluding diaryl/α,β-unsaturated/α-hetero) is 1. The summed E-state index contributed by atoms with van der Waals surface area (Å²) in [5, 5.41) is 0.707. The molecule has 4 rings (SSSR count). The smallest absolute Gasteiger partial charge is 0.167 e. The van der Waals surface area contributed by atoms with Crippen LogP contribution in [0.2, 0.25) is 5.02 Å². The third-order valence-corrected chi connectivity index (χ3v) is 5.35. The molecule has 0 saturated carbocycles. The summed E-state index contributed by atoms with van der Waals surface area (Å²) >= 11 is 5.93. The molecular formula is C17H18ClNO2. The van der Waals surface area contributed by atoms with Crippen LogP contribution in [0.1, 0.15) is 37.4 Å². The van der Waals surface area contributed by atoms with Crippen molar-refractivity contribution in [3.8, 4) is 0 Å². The van der Waals surface area contributed by atoms with Crippen molar-refractivity contribution in [2.75, 3.05) is 7.05 Å². The summed E-state index contributed by atoms with van der Waals surface area (Å²) in [6.07, 6.45) is 3.40. The van der Waals surface area contributed by atoms with E-state index in [0.717, 1.165) is 36.2 Å². The number of hydrogen-bond donors (Lipinski definition) is 0. The predicted octanol–water partition coefficient (Wildman–Crippen LogP) is 3.49. The molecule has 1 fully saturated rings. The molecule has 0 N–H and O–H groups in total. The van der Waals surface area contributed by atoms with Crippen molar-refractivity contribution in [3.63, 3.8) is 0 Å². The van der Waals surface area contributed by atoms with Gasteiger partial charge in [-0.05, 0) is 37.6 Å². The Balaban J connectivity index is 1.66. The third-order valence-electron chi connectivity index (χ3n) is 5.09. The molecule has 3 atom stereocenters. The third kappa shape index (κ3) is 2.11. The van der Waals surface area contributed by atoms with E-state index >= 15 is 0 Å². The molecule has 0 aliphatic carbocycles. The molecule has 1 saturated heterocycles. The van der Waals surface area contributed by atoms with E-state index in [4.69, 9.17) is 16.3 Å². The van der Waals surface area contributed by atoms with Crippen molar-refractivity contribution in [1.82, 2.24) is 4.90 Å². The predicted molar refractivity (Wildman–Crippen MR) is 81.1 cm³/mol. The maximum absolute atomic E-state index is 12.6. The summed E-state index contributed by atoms with van der Waals surface area (Å²) in [7, 11) is 2.13. The molecule has 1 unspecified atom stereocenters. The lowest BCUT2D eigenvalue weighted by atomic mass is 9.89. The van der Waals surface area contributed by atoms with Crippen molar-refractivity contribution >= 4 is 17.4 Å². The number of benzene rings is 1. The quantitative estimate of drug-likeness (QED) is 0.795. The Bertz CT molecular complexity index is 622. The number of ketones is 1. The highest BCUT2D eigenvalue weighted by Crippen LogP contribution is 2.44. The molecule has 0 radical (unpaired) electrons. The average molecular weight is 304 g/mol. The van der Waals surface area contributed by atoms with E-state index in [1.807, 2.05) is 24.3 Å². The average Bonchev–Trinajstić information content (AvgIpc) is 2.71. The fourth-order valence-corrected chi connectivity index (χ4v) is 4.05. The van der Waals surface area contributed by atoms with Gasteiger partial charge in [0.05, 0.1) is 12.0 Å². The second kappa shape index (κ2) is 4.85. The monoisotopic (exact) mass is 303 g/mol. The summed E-state index contributed by atoms with van der Waals surface area (Å²) in [5.41, 5.74) is 1.97. The zero-order valence-electron chi connectivity index (χ0n) is 12.0. The van der Waals surface area contributed by atoms with Crippen LogP contribution in [0.15, 0.2) is 35.6 Å². The van der Waals surface area contributed by atoms with Gasteiger partial charge in [-0.3, -0.25) is 9.69 Å². The molecule has 21 heavy (non-hydrogen) atoms. The zero-order chi connectivity index (χ0) is 14.6. The molecule has 1 aromatic rings. The normalized spacial score (nSPS) is 32.1. The number of hydrogen-bond acceptors (Lipinski definition) is 3. The molecular weight excluding hydrogens is 286 g/mol. The number of likely N-dealkylation sites (N-methyl/N-ethyl adjacent to an activating group) is 1. The maximum atomic E-state index is 12.6. The van der Waals surface area contributed by atoms with Gasteiger partial charge in [0.1, 0.15) is 11.9 Å². The summed E-state index contributed by atoms with van der Waals surface area (Å²) in [4.78, 5) is 15.0. The fourth-order valence-electron chi connectivity index (χ4n) is 3.92. The summed E-state index contributed by atoms with van der Waals surface area (Å²) in [6.45, 7) is 0. The standard InChI is InChI=1S/C17H18ClNO2/c1-19-12-6-7-13(19)17-14(20)9-15(21-16(17)8-12)10-2-4-11(18)5-3-10/h2-5,12-13,15H,6-9H2,1H3/t12-,13?,15-/m1/s1. The van der Waals surface area contributed by atoms with Crippen LogP contribution in [-0.4, -0.2) is 29.8 Å². The molecule has 3 aliphatic rings. The van der Waals surface area contributed by atoms with E-state index in [9.17, 15) is 4.79 Å². The van der Waals surface area contributed by atoms with Crippen LogP contribution in [0.4, 0.5) is 0 Å². The molecule has 0 aromatic heterocycles. The molecule has 110 valence electrons. The fraction of sp³-hybridized carbons (Fsp3) is 0.471. The van der Waals surface area contributed by atoms with Gasteiger partial charge >= 0.3 is 0 Å². The van der Waals surface area contributed by atoms with Crippen molar-refractivity contribution in [3.05, 3.63) is 46.2 Å². The van der Waals surface area contributed by atoms with Crippen LogP contribution in [-0.2, 0) is 9.53 Å². The first-order valence-corrected chi connectivity index (χ1v) is 7.91. The minimum Gasteiger partial charge on any atom is -0.489 e. The van der Waals surface area contributed by atoms with Crippen LogP contribution >= 0.6 is 11.6 Å². The molecule has 1 aromatic carbocycles. The van der Waals surface area contributed by atoms with Gasteiger partial charge in [-0.15, -0.1) is 0 Å². The van der Waals surface area contributed by atoms with Crippen molar-refractivity contribution in [2.45, 2.75) is 43.9 Å². The van der Waals surface area contributed by atoms with Gasteiger partial charge in [-0.2, -0.15) is 0 Å². The molecule has 2 bridgehead atoms. The largest absolute Gasteiger partial charge is 0.489 e. The Labute approximate surface area is 129 Å². The minimum absolute atomic E-state index is 0.156. The van der Waals surface area contributed by atoms with Crippen molar-refractivity contribution < 1.29 is 9.53 Å². The van der Waals surface area contributed by atoms with E-state index in [0.29, 0.717) is 17.5 Å². The number of carbonyl (C=O) groups is 1. The Morgan fingerprint density at radius 1 is 1.19 bits per heavy atom. The highest BCUT2D eigenvalue weighted by molar-refractivity contribution is 6.30.